The molecule has 5 heteroatoms. The summed E-state index contributed by atoms with van der Waals surface area (Å²) in [6.45, 7) is 0.998. The van der Waals surface area contributed by atoms with E-state index in [0.29, 0.717) is 13.2 Å². The van der Waals surface area contributed by atoms with Crippen LogP contribution in [0.4, 0.5) is 0 Å². The van der Waals surface area contributed by atoms with Gasteiger partial charge in [-0.1, -0.05) is 0 Å². The lowest BCUT2D eigenvalue weighted by atomic mass is 10.2. The molecule has 0 radical (unpaired) electrons. The van der Waals surface area contributed by atoms with Gasteiger partial charge in [-0.05, 0) is 0 Å². The van der Waals surface area contributed by atoms with Crippen LogP contribution < -0.4 is 11.8 Å². The number of rotatable bonds is 3. The van der Waals surface area contributed by atoms with E-state index in [0.717, 1.165) is 6.42 Å². The maximum atomic E-state index is 5.19. The quantitative estimate of drug-likeness (QED) is 0.498. The standard InChI is InChI=1S/C5H12N2O3/c6-9-3-5-4(10-7)1-2-8-5/h4-5H,1-3,6-7H2/t4-,5-/m1/s1. The molecule has 1 fully saturated rings. The van der Waals surface area contributed by atoms with E-state index in [2.05, 4.69) is 9.68 Å². The van der Waals surface area contributed by atoms with Gasteiger partial charge in [0, 0.05) is 13.0 Å². The van der Waals surface area contributed by atoms with Gasteiger partial charge in [-0.25, -0.2) is 11.8 Å². The molecular weight excluding hydrogens is 136 g/mol. The zero-order chi connectivity index (χ0) is 7.40. The second-order valence-corrected chi connectivity index (χ2v) is 2.21. The second kappa shape index (κ2) is 3.85. The van der Waals surface area contributed by atoms with Gasteiger partial charge in [0.05, 0.1) is 6.61 Å². The topological polar surface area (TPSA) is 79.7 Å². The molecule has 0 saturated carbocycles. The van der Waals surface area contributed by atoms with E-state index < -0.39 is 0 Å². The van der Waals surface area contributed by atoms with Gasteiger partial charge in [0.15, 0.2) is 0 Å². The average molecular weight is 148 g/mol. The summed E-state index contributed by atoms with van der Waals surface area (Å²) >= 11 is 0. The molecule has 0 aromatic heterocycles. The van der Waals surface area contributed by atoms with Crippen LogP contribution in [-0.2, 0) is 14.4 Å². The predicted octanol–water partition coefficient (Wildman–Crippen LogP) is -1.08. The van der Waals surface area contributed by atoms with Crippen molar-refractivity contribution in [2.45, 2.75) is 18.6 Å². The van der Waals surface area contributed by atoms with E-state index >= 15 is 0 Å². The average Bonchev–Trinajstić information content (AvgIpc) is 2.36. The van der Waals surface area contributed by atoms with Gasteiger partial charge in [0.25, 0.3) is 0 Å². The number of ether oxygens (including phenoxy) is 1. The monoisotopic (exact) mass is 148 g/mol. The Kier molecular flexibility index (Phi) is 3.04. The van der Waals surface area contributed by atoms with Gasteiger partial charge in [-0.3, -0.25) is 4.84 Å². The maximum Gasteiger partial charge on any atom is 0.111 e. The van der Waals surface area contributed by atoms with E-state index in [1.165, 1.54) is 0 Å². The molecule has 1 aliphatic heterocycles. The van der Waals surface area contributed by atoms with E-state index in [4.69, 9.17) is 16.5 Å². The van der Waals surface area contributed by atoms with E-state index in [1.807, 2.05) is 0 Å². The first-order valence-electron chi connectivity index (χ1n) is 3.17. The zero-order valence-corrected chi connectivity index (χ0v) is 5.66. The molecule has 1 rings (SSSR count). The summed E-state index contributed by atoms with van der Waals surface area (Å²) in [5.41, 5.74) is 0. The Labute approximate surface area is 59.1 Å². The van der Waals surface area contributed by atoms with E-state index in [-0.39, 0.29) is 12.2 Å². The lowest BCUT2D eigenvalue weighted by Crippen LogP contribution is -2.32. The molecule has 0 amide bonds. The normalized spacial score (nSPS) is 33.0. The third-order valence-corrected chi connectivity index (χ3v) is 1.58. The highest BCUT2D eigenvalue weighted by molar-refractivity contribution is 4.75. The minimum Gasteiger partial charge on any atom is -0.373 e. The molecule has 0 aromatic carbocycles. The van der Waals surface area contributed by atoms with Crippen LogP contribution >= 0.6 is 0 Å². The highest BCUT2D eigenvalue weighted by Crippen LogP contribution is 2.14. The Bertz CT molecular complexity index is 101. The molecule has 0 aromatic rings. The van der Waals surface area contributed by atoms with E-state index in [9.17, 15) is 0 Å². The third kappa shape index (κ3) is 1.65. The van der Waals surface area contributed by atoms with Crippen molar-refractivity contribution in [2.75, 3.05) is 13.2 Å². The summed E-state index contributed by atoms with van der Waals surface area (Å²) in [6, 6.07) is 0. The Balaban J connectivity index is 2.27. The Morgan fingerprint density at radius 1 is 1.50 bits per heavy atom. The summed E-state index contributed by atoms with van der Waals surface area (Å²) in [5, 5.41) is 0. The molecule has 1 heterocycles. The van der Waals surface area contributed by atoms with Gasteiger partial charge >= 0.3 is 0 Å². The van der Waals surface area contributed by atoms with Crippen molar-refractivity contribution in [3.05, 3.63) is 0 Å². The number of hydrogen-bond donors (Lipinski definition) is 2. The van der Waals surface area contributed by atoms with Gasteiger partial charge in [0.2, 0.25) is 0 Å². The molecule has 5 nitrogen and oxygen atoms in total. The van der Waals surface area contributed by atoms with Crippen molar-refractivity contribution >= 4 is 0 Å². The summed E-state index contributed by atoms with van der Waals surface area (Å²) in [4.78, 5) is 9.01. The van der Waals surface area contributed by atoms with Crippen LogP contribution in [0, 0.1) is 0 Å². The fourth-order valence-electron chi connectivity index (χ4n) is 1.03. The minimum atomic E-state index is -0.102. The first-order chi connectivity index (χ1) is 4.88. The highest BCUT2D eigenvalue weighted by Gasteiger charge is 2.28. The smallest absolute Gasteiger partial charge is 0.111 e. The SMILES string of the molecule is NOC[C@H]1OCC[C@H]1ON. The summed E-state index contributed by atoms with van der Waals surface area (Å²) in [6.07, 6.45) is 0.642. The largest absolute Gasteiger partial charge is 0.373 e. The molecule has 60 valence electrons. The number of hydrogen-bond acceptors (Lipinski definition) is 5. The van der Waals surface area contributed by atoms with Crippen molar-refractivity contribution in [2.24, 2.45) is 11.8 Å². The Morgan fingerprint density at radius 2 is 2.30 bits per heavy atom. The van der Waals surface area contributed by atoms with Crippen molar-refractivity contribution in [3.8, 4) is 0 Å². The highest BCUT2D eigenvalue weighted by atomic mass is 16.7. The van der Waals surface area contributed by atoms with Crippen molar-refractivity contribution in [1.29, 1.82) is 0 Å². The Morgan fingerprint density at radius 3 is 2.90 bits per heavy atom. The molecule has 0 bridgehead atoms. The van der Waals surface area contributed by atoms with Gasteiger partial charge in [-0.2, -0.15) is 0 Å². The molecule has 1 saturated heterocycles. The lowest BCUT2D eigenvalue weighted by Gasteiger charge is -2.13. The van der Waals surface area contributed by atoms with Gasteiger partial charge in [-0.15, -0.1) is 0 Å². The molecule has 0 aliphatic carbocycles. The van der Waals surface area contributed by atoms with Gasteiger partial charge in [0.1, 0.15) is 12.2 Å². The predicted molar refractivity (Wildman–Crippen MR) is 33.6 cm³/mol. The molecule has 1 aliphatic rings. The van der Waals surface area contributed by atoms with Crippen LogP contribution in [0.2, 0.25) is 0 Å². The molecule has 4 N–H and O–H groups in total. The van der Waals surface area contributed by atoms with E-state index in [1.54, 1.807) is 0 Å². The first-order valence-corrected chi connectivity index (χ1v) is 3.17. The van der Waals surface area contributed by atoms with Crippen LogP contribution in [0.25, 0.3) is 0 Å². The fourth-order valence-corrected chi connectivity index (χ4v) is 1.03. The van der Waals surface area contributed by atoms with Crippen LogP contribution in [0.3, 0.4) is 0 Å². The Hall–Kier alpha value is -0.200. The van der Waals surface area contributed by atoms with Crippen LogP contribution in [-0.4, -0.2) is 25.4 Å². The summed E-state index contributed by atoms with van der Waals surface area (Å²) in [7, 11) is 0. The van der Waals surface area contributed by atoms with Crippen LogP contribution in [0.5, 0.6) is 0 Å². The van der Waals surface area contributed by atoms with Crippen molar-refractivity contribution < 1.29 is 14.4 Å². The fraction of sp³-hybridized carbons (Fsp3) is 1.00. The molecular formula is C5H12N2O3. The second-order valence-electron chi connectivity index (χ2n) is 2.21. The molecule has 2 atom stereocenters. The van der Waals surface area contributed by atoms with Crippen LogP contribution in [0.1, 0.15) is 6.42 Å². The molecule has 0 spiro atoms. The first kappa shape index (κ1) is 7.90. The third-order valence-electron chi connectivity index (χ3n) is 1.58. The summed E-state index contributed by atoms with van der Waals surface area (Å²) in [5.74, 6) is 9.83. The molecule has 0 unspecified atom stereocenters. The zero-order valence-electron chi connectivity index (χ0n) is 5.66. The van der Waals surface area contributed by atoms with Crippen molar-refractivity contribution in [1.82, 2.24) is 0 Å². The maximum absolute atomic E-state index is 5.19. The minimum absolute atomic E-state index is 0.0662. The summed E-state index contributed by atoms with van der Waals surface area (Å²) < 4.78 is 5.19. The number of nitrogens with two attached hydrogens (primary N) is 2. The lowest BCUT2D eigenvalue weighted by molar-refractivity contribution is -0.0528. The van der Waals surface area contributed by atoms with Crippen LogP contribution in [0.15, 0.2) is 0 Å². The van der Waals surface area contributed by atoms with Crippen molar-refractivity contribution in [3.63, 3.8) is 0 Å². The van der Waals surface area contributed by atoms with Gasteiger partial charge < -0.3 is 9.57 Å². The molecule has 10 heavy (non-hydrogen) atoms.